The number of carbonyl (C=O) groups excluding carboxylic acids is 1. The van der Waals surface area contributed by atoms with E-state index in [2.05, 4.69) is 52.0 Å². The number of benzene rings is 2. The lowest BCUT2D eigenvalue weighted by Gasteiger charge is -2.13. The van der Waals surface area contributed by atoms with Crippen LogP contribution < -0.4 is 20.6 Å². The number of nitrogens with one attached hydrogen (secondary N) is 1. The van der Waals surface area contributed by atoms with E-state index < -0.39 is 5.91 Å². The van der Waals surface area contributed by atoms with E-state index in [1.807, 2.05) is 37.3 Å². The van der Waals surface area contributed by atoms with Gasteiger partial charge in [-0.2, -0.15) is 9.78 Å². The highest BCUT2D eigenvalue weighted by molar-refractivity contribution is 9.10. The van der Waals surface area contributed by atoms with Crippen molar-refractivity contribution in [2.24, 2.45) is 5.10 Å². The van der Waals surface area contributed by atoms with Gasteiger partial charge in [0.15, 0.2) is 5.69 Å². The number of hydrogen-bond acceptors (Lipinski definition) is 11. The number of nitrogens with zero attached hydrogens (tertiary/aromatic N) is 7. The average Bonchev–Trinajstić information content (AvgIpc) is 3.71. The van der Waals surface area contributed by atoms with Crippen molar-refractivity contribution in [3.63, 3.8) is 0 Å². The molecule has 40 heavy (non-hydrogen) atoms. The number of nitrogen functional groups attached to an aromatic ring is 1. The van der Waals surface area contributed by atoms with E-state index in [0.29, 0.717) is 40.4 Å². The maximum atomic E-state index is 13.3. The van der Waals surface area contributed by atoms with E-state index in [1.54, 1.807) is 13.2 Å². The Morgan fingerprint density at radius 2 is 2.05 bits per heavy atom. The van der Waals surface area contributed by atoms with Crippen molar-refractivity contribution >= 4 is 33.9 Å². The van der Waals surface area contributed by atoms with E-state index >= 15 is 0 Å². The molecule has 0 saturated carbocycles. The Kier molecular flexibility index (Phi) is 8.36. The lowest BCUT2D eigenvalue weighted by Crippen LogP contribution is -2.26. The van der Waals surface area contributed by atoms with Crippen LogP contribution in [0, 0.1) is 6.92 Å². The van der Waals surface area contributed by atoms with Gasteiger partial charge in [-0.3, -0.25) is 9.69 Å². The van der Waals surface area contributed by atoms with Crippen molar-refractivity contribution < 1.29 is 18.9 Å². The summed E-state index contributed by atoms with van der Waals surface area (Å²) in [6.07, 6.45) is 3.66. The molecule has 3 heterocycles. The summed E-state index contributed by atoms with van der Waals surface area (Å²) in [5, 5.41) is 19.8. The summed E-state index contributed by atoms with van der Waals surface area (Å²) in [6, 6.07) is 11.6. The SMILES string of the molecule is COc1cc(OCc2ccccc2C)cc(Br)c1/C=N/NC(=O)c1c(CN2CCCC2)nnn1-c1nonc1N. The molecule has 0 atom stereocenters. The summed E-state index contributed by atoms with van der Waals surface area (Å²) >= 11 is 3.56. The Labute approximate surface area is 238 Å². The first kappa shape index (κ1) is 27.3. The molecule has 0 unspecified atom stereocenters. The summed E-state index contributed by atoms with van der Waals surface area (Å²) in [5.74, 6) is 0.628. The molecule has 1 fully saturated rings. The predicted molar refractivity (Wildman–Crippen MR) is 149 cm³/mol. The van der Waals surface area contributed by atoms with Crippen LogP contribution in [0.3, 0.4) is 0 Å². The molecule has 0 spiro atoms. The van der Waals surface area contributed by atoms with Gasteiger partial charge in [0, 0.05) is 17.1 Å². The molecule has 14 heteroatoms. The molecule has 5 rings (SSSR count). The van der Waals surface area contributed by atoms with Gasteiger partial charge < -0.3 is 15.2 Å². The minimum atomic E-state index is -0.550. The van der Waals surface area contributed by atoms with Crippen LogP contribution in [0.4, 0.5) is 5.82 Å². The van der Waals surface area contributed by atoms with E-state index in [1.165, 1.54) is 10.9 Å². The van der Waals surface area contributed by atoms with Crippen molar-refractivity contribution in [2.75, 3.05) is 25.9 Å². The third-order valence-corrected chi connectivity index (χ3v) is 7.18. The molecular weight excluding hydrogens is 582 g/mol. The number of rotatable bonds is 10. The quantitative estimate of drug-likeness (QED) is 0.202. The molecule has 1 saturated heterocycles. The number of aromatic nitrogens is 5. The van der Waals surface area contributed by atoms with Gasteiger partial charge in [0.05, 0.1) is 18.9 Å². The number of anilines is 1. The molecule has 1 amide bonds. The molecule has 0 bridgehead atoms. The third kappa shape index (κ3) is 5.97. The second kappa shape index (κ2) is 12.3. The molecule has 0 radical (unpaired) electrons. The van der Waals surface area contributed by atoms with Crippen molar-refractivity contribution in [3.05, 3.63) is 68.9 Å². The van der Waals surface area contributed by atoms with E-state index in [9.17, 15) is 4.79 Å². The zero-order valence-corrected chi connectivity index (χ0v) is 23.6. The van der Waals surface area contributed by atoms with Crippen LogP contribution in [0.15, 0.2) is 50.6 Å². The predicted octanol–water partition coefficient (Wildman–Crippen LogP) is 3.25. The van der Waals surface area contributed by atoms with Crippen molar-refractivity contribution in [3.8, 4) is 17.3 Å². The highest BCUT2D eigenvalue weighted by Gasteiger charge is 2.27. The molecule has 2 aromatic heterocycles. The van der Waals surface area contributed by atoms with Gasteiger partial charge in [-0.05, 0) is 76.3 Å². The van der Waals surface area contributed by atoms with Gasteiger partial charge in [0.2, 0.25) is 11.6 Å². The van der Waals surface area contributed by atoms with Gasteiger partial charge in [-0.15, -0.1) is 5.10 Å². The summed E-state index contributed by atoms with van der Waals surface area (Å²) in [7, 11) is 1.55. The number of aryl methyl sites for hydroxylation is 1. The first-order valence-electron chi connectivity index (χ1n) is 12.6. The molecule has 208 valence electrons. The largest absolute Gasteiger partial charge is 0.496 e. The van der Waals surface area contributed by atoms with Gasteiger partial charge >= 0.3 is 0 Å². The number of methoxy groups -OCH3 is 1. The third-order valence-electron chi connectivity index (χ3n) is 6.52. The molecule has 1 aliphatic rings. The fourth-order valence-electron chi connectivity index (χ4n) is 4.37. The van der Waals surface area contributed by atoms with Crippen LogP contribution in [0.25, 0.3) is 5.82 Å². The molecule has 13 nitrogen and oxygen atoms in total. The van der Waals surface area contributed by atoms with Crippen molar-refractivity contribution in [2.45, 2.75) is 32.9 Å². The fraction of sp³-hybridized carbons (Fsp3) is 0.308. The number of hydrazone groups is 1. The summed E-state index contributed by atoms with van der Waals surface area (Å²) < 4.78 is 18.1. The van der Waals surface area contributed by atoms with Gasteiger partial charge in [-0.25, -0.2) is 10.1 Å². The van der Waals surface area contributed by atoms with Crippen LogP contribution >= 0.6 is 15.9 Å². The first-order chi connectivity index (χ1) is 19.4. The molecule has 3 N–H and O–H groups in total. The van der Waals surface area contributed by atoms with Crippen LogP contribution in [-0.2, 0) is 13.2 Å². The van der Waals surface area contributed by atoms with Gasteiger partial charge in [0.25, 0.3) is 5.91 Å². The number of hydrogen-bond donors (Lipinski definition) is 2. The Bertz CT molecular complexity index is 1530. The van der Waals surface area contributed by atoms with Crippen LogP contribution in [-0.4, -0.2) is 62.5 Å². The fourth-order valence-corrected chi connectivity index (χ4v) is 4.90. The molecule has 0 aliphatic carbocycles. The van der Waals surface area contributed by atoms with Crippen LogP contribution in [0.2, 0.25) is 0 Å². The maximum absolute atomic E-state index is 13.3. The second-order valence-electron chi connectivity index (χ2n) is 9.19. The summed E-state index contributed by atoms with van der Waals surface area (Å²) in [5.41, 5.74) is 11.9. The Balaban J connectivity index is 1.34. The lowest BCUT2D eigenvalue weighted by molar-refractivity contribution is 0.0945. The van der Waals surface area contributed by atoms with Gasteiger partial charge in [-0.1, -0.05) is 29.5 Å². The molecular formula is C26H28BrN9O4. The molecule has 1 aliphatic heterocycles. The van der Waals surface area contributed by atoms with E-state index in [-0.39, 0.29) is 17.3 Å². The number of likely N-dealkylation sites (tertiary alicyclic amines) is 1. The highest BCUT2D eigenvalue weighted by atomic mass is 79.9. The maximum Gasteiger partial charge on any atom is 0.292 e. The molecule has 2 aromatic carbocycles. The zero-order chi connectivity index (χ0) is 28.1. The topological polar surface area (TPSA) is 159 Å². The van der Waals surface area contributed by atoms with Gasteiger partial charge in [0.1, 0.15) is 23.8 Å². The normalized spacial score (nSPS) is 13.7. The first-order valence-corrected chi connectivity index (χ1v) is 13.4. The van der Waals surface area contributed by atoms with E-state index in [4.69, 9.17) is 19.8 Å². The summed E-state index contributed by atoms with van der Waals surface area (Å²) in [6.45, 7) is 4.73. The smallest absolute Gasteiger partial charge is 0.292 e. The highest BCUT2D eigenvalue weighted by Crippen LogP contribution is 2.32. The minimum Gasteiger partial charge on any atom is -0.496 e. The Morgan fingerprint density at radius 1 is 1.25 bits per heavy atom. The number of amides is 1. The zero-order valence-electron chi connectivity index (χ0n) is 22.0. The monoisotopic (exact) mass is 609 g/mol. The van der Waals surface area contributed by atoms with Crippen LogP contribution in [0.1, 0.15) is 45.7 Å². The standard InChI is InChI=1S/C26H28BrN9O4/c1-16-7-3-4-8-17(16)15-39-18-11-20(27)19(22(12-18)38-2)13-29-31-26(37)23-21(14-35-9-5-6-10-35)30-34-36(23)25-24(28)32-40-33-25/h3-4,7-8,11-13H,5-6,9-10,14-15H2,1-2H3,(H2,28,32)(H,31,37)/b29-13+. The van der Waals surface area contributed by atoms with Crippen molar-refractivity contribution in [1.29, 1.82) is 0 Å². The summed E-state index contributed by atoms with van der Waals surface area (Å²) in [4.78, 5) is 15.5. The minimum absolute atomic E-state index is 0.0198. The van der Waals surface area contributed by atoms with Crippen LogP contribution in [0.5, 0.6) is 11.5 Å². The Hall–Kier alpha value is -4.30. The lowest BCUT2D eigenvalue weighted by atomic mass is 10.1. The number of nitrogens with two attached hydrogens (primary N) is 1. The van der Waals surface area contributed by atoms with E-state index in [0.717, 1.165) is 37.1 Å². The number of carbonyl (C=O) groups is 1. The molecule has 4 aromatic rings. The second-order valence-corrected chi connectivity index (χ2v) is 10.0. The van der Waals surface area contributed by atoms with Crippen molar-refractivity contribution in [1.82, 2.24) is 35.6 Å². The number of ether oxygens (including phenoxy) is 2. The number of halogens is 1. The Morgan fingerprint density at radius 3 is 2.77 bits per heavy atom. The average molecular weight is 610 g/mol.